The van der Waals surface area contributed by atoms with Gasteiger partial charge in [0.2, 0.25) is 10.0 Å². The normalized spacial score (nSPS) is 22.7. The number of thiophene rings is 1. The molecule has 2 heterocycles. The molecule has 82 valence electrons. The first-order valence-corrected chi connectivity index (χ1v) is 7.60. The zero-order chi connectivity index (χ0) is 10.5. The highest BCUT2D eigenvalue weighted by Gasteiger charge is 2.41. The van der Waals surface area contributed by atoms with Crippen molar-refractivity contribution in [1.82, 2.24) is 4.31 Å². The first-order chi connectivity index (χ1) is 7.18. The van der Waals surface area contributed by atoms with Crippen LogP contribution >= 0.6 is 11.3 Å². The Labute approximate surface area is 93.8 Å². The van der Waals surface area contributed by atoms with Crippen LogP contribution in [0.5, 0.6) is 0 Å². The minimum absolute atomic E-state index is 0.0704. The maximum absolute atomic E-state index is 12.0. The molecular formula is C10H13NO2S2. The quantitative estimate of drug-likeness (QED) is 0.791. The molecule has 0 aromatic carbocycles. The van der Waals surface area contributed by atoms with Gasteiger partial charge in [-0.3, -0.25) is 0 Å². The number of hydrogen-bond donors (Lipinski definition) is 0. The van der Waals surface area contributed by atoms with E-state index in [0.717, 1.165) is 19.3 Å². The van der Waals surface area contributed by atoms with Crippen molar-refractivity contribution in [2.24, 2.45) is 0 Å². The van der Waals surface area contributed by atoms with Crippen LogP contribution in [0.15, 0.2) is 11.4 Å². The highest BCUT2D eigenvalue weighted by Crippen LogP contribution is 2.34. The van der Waals surface area contributed by atoms with Crippen molar-refractivity contribution in [3.63, 3.8) is 0 Å². The smallest absolute Gasteiger partial charge is 0.212 e. The SMILES string of the molecule is O=S(=O)(C1CC1)N1CCc2ccsc2C1. The van der Waals surface area contributed by atoms with Crippen LogP contribution < -0.4 is 0 Å². The highest BCUT2D eigenvalue weighted by molar-refractivity contribution is 7.90. The minimum Gasteiger partial charge on any atom is -0.212 e. The predicted octanol–water partition coefficient (Wildman–Crippen LogP) is 1.60. The molecule has 0 spiro atoms. The van der Waals surface area contributed by atoms with Crippen molar-refractivity contribution in [2.45, 2.75) is 31.1 Å². The van der Waals surface area contributed by atoms with Gasteiger partial charge in [0.25, 0.3) is 0 Å². The topological polar surface area (TPSA) is 37.4 Å². The lowest BCUT2D eigenvalue weighted by atomic mass is 10.1. The Morgan fingerprint density at radius 3 is 2.93 bits per heavy atom. The summed E-state index contributed by atoms with van der Waals surface area (Å²) in [5.74, 6) is 0. The molecule has 15 heavy (non-hydrogen) atoms. The minimum atomic E-state index is -2.97. The Morgan fingerprint density at radius 1 is 1.40 bits per heavy atom. The van der Waals surface area contributed by atoms with Crippen LogP contribution in [0.1, 0.15) is 23.3 Å². The largest absolute Gasteiger partial charge is 0.217 e. The van der Waals surface area contributed by atoms with Gasteiger partial charge in [-0.1, -0.05) is 0 Å². The number of hydrogen-bond acceptors (Lipinski definition) is 3. The van der Waals surface area contributed by atoms with Gasteiger partial charge in [-0.05, 0) is 36.3 Å². The van der Waals surface area contributed by atoms with Crippen molar-refractivity contribution < 1.29 is 8.42 Å². The Morgan fingerprint density at radius 2 is 2.20 bits per heavy atom. The first-order valence-electron chi connectivity index (χ1n) is 5.22. The van der Waals surface area contributed by atoms with Gasteiger partial charge in [0.1, 0.15) is 0 Å². The molecule has 1 aliphatic heterocycles. The Hall–Kier alpha value is -0.390. The van der Waals surface area contributed by atoms with Crippen LogP contribution in [0.2, 0.25) is 0 Å². The zero-order valence-electron chi connectivity index (χ0n) is 8.35. The van der Waals surface area contributed by atoms with Crippen molar-refractivity contribution >= 4 is 21.4 Å². The molecule has 3 nitrogen and oxygen atoms in total. The van der Waals surface area contributed by atoms with Gasteiger partial charge >= 0.3 is 0 Å². The molecule has 1 aliphatic carbocycles. The van der Waals surface area contributed by atoms with Crippen LogP contribution in [0.4, 0.5) is 0 Å². The van der Waals surface area contributed by atoms with Crippen molar-refractivity contribution in [3.8, 4) is 0 Å². The van der Waals surface area contributed by atoms with Gasteiger partial charge in [0, 0.05) is 18.0 Å². The fourth-order valence-electron chi connectivity index (χ4n) is 2.01. The number of rotatable bonds is 2. The lowest BCUT2D eigenvalue weighted by molar-refractivity contribution is 0.395. The van der Waals surface area contributed by atoms with Crippen LogP contribution in [0.3, 0.4) is 0 Å². The molecule has 0 N–H and O–H groups in total. The lowest BCUT2D eigenvalue weighted by Crippen LogP contribution is -2.37. The first kappa shape index (κ1) is 9.81. The number of sulfonamides is 1. The van der Waals surface area contributed by atoms with Crippen molar-refractivity contribution in [3.05, 3.63) is 21.9 Å². The van der Waals surface area contributed by atoms with E-state index in [1.54, 1.807) is 15.6 Å². The zero-order valence-corrected chi connectivity index (χ0v) is 9.98. The number of nitrogens with zero attached hydrogens (tertiary/aromatic N) is 1. The van der Waals surface area contributed by atoms with E-state index in [-0.39, 0.29) is 5.25 Å². The van der Waals surface area contributed by atoms with Crippen LogP contribution in [0.25, 0.3) is 0 Å². The van der Waals surface area contributed by atoms with E-state index < -0.39 is 10.0 Å². The van der Waals surface area contributed by atoms with Gasteiger partial charge < -0.3 is 0 Å². The van der Waals surface area contributed by atoms with E-state index in [1.165, 1.54) is 10.4 Å². The van der Waals surface area contributed by atoms with E-state index >= 15 is 0 Å². The maximum Gasteiger partial charge on any atom is 0.217 e. The molecule has 2 aliphatic rings. The highest BCUT2D eigenvalue weighted by atomic mass is 32.2. The van der Waals surface area contributed by atoms with E-state index in [2.05, 4.69) is 11.4 Å². The van der Waals surface area contributed by atoms with Gasteiger partial charge in [-0.25, -0.2) is 8.42 Å². The fourth-order valence-corrected chi connectivity index (χ4v) is 4.85. The molecule has 1 aromatic heterocycles. The third-order valence-corrected chi connectivity index (χ3v) is 6.39. The second-order valence-corrected chi connectivity index (χ2v) is 7.41. The van der Waals surface area contributed by atoms with Gasteiger partial charge in [0.15, 0.2) is 0 Å². The van der Waals surface area contributed by atoms with E-state index in [0.29, 0.717) is 13.1 Å². The predicted molar refractivity (Wildman–Crippen MR) is 60.4 cm³/mol. The molecule has 0 radical (unpaired) electrons. The maximum atomic E-state index is 12.0. The molecule has 1 saturated carbocycles. The molecule has 0 unspecified atom stereocenters. The molecule has 5 heteroatoms. The summed E-state index contributed by atoms with van der Waals surface area (Å²) in [7, 11) is -2.97. The molecule has 3 rings (SSSR count). The third-order valence-electron chi connectivity index (χ3n) is 3.09. The summed E-state index contributed by atoms with van der Waals surface area (Å²) in [6, 6.07) is 2.11. The summed E-state index contributed by atoms with van der Waals surface area (Å²) in [4.78, 5) is 1.23. The summed E-state index contributed by atoms with van der Waals surface area (Å²) in [5, 5.41) is 1.98. The average Bonchev–Trinajstić information content (AvgIpc) is 2.97. The second-order valence-electron chi connectivity index (χ2n) is 4.20. The van der Waals surface area contributed by atoms with Crippen LogP contribution in [0, 0.1) is 0 Å². The summed E-state index contributed by atoms with van der Waals surface area (Å²) in [6.45, 7) is 1.27. The molecule has 1 fully saturated rings. The summed E-state index contributed by atoms with van der Waals surface area (Å²) in [6.07, 6.45) is 2.59. The fraction of sp³-hybridized carbons (Fsp3) is 0.600. The Bertz CT molecular complexity index is 473. The molecular weight excluding hydrogens is 230 g/mol. The second kappa shape index (κ2) is 3.30. The van der Waals surface area contributed by atoms with Crippen LogP contribution in [-0.2, 0) is 23.0 Å². The third kappa shape index (κ3) is 1.62. The van der Waals surface area contributed by atoms with E-state index in [1.807, 2.05) is 0 Å². The summed E-state index contributed by atoms with van der Waals surface area (Å²) >= 11 is 1.67. The Balaban J connectivity index is 1.87. The van der Waals surface area contributed by atoms with Gasteiger partial charge in [-0.2, -0.15) is 4.31 Å². The lowest BCUT2D eigenvalue weighted by Gasteiger charge is -2.26. The van der Waals surface area contributed by atoms with E-state index in [9.17, 15) is 8.42 Å². The molecule has 1 aromatic rings. The standard InChI is InChI=1S/C10H13NO2S2/c12-15(13,9-1-2-9)11-5-3-8-4-6-14-10(8)7-11/h4,6,9H,1-3,5,7H2. The van der Waals surface area contributed by atoms with Crippen LogP contribution in [-0.4, -0.2) is 24.5 Å². The van der Waals surface area contributed by atoms with E-state index in [4.69, 9.17) is 0 Å². The molecule has 0 saturated heterocycles. The number of fused-ring (bicyclic) bond motifs is 1. The van der Waals surface area contributed by atoms with Gasteiger partial charge in [0.05, 0.1) is 5.25 Å². The van der Waals surface area contributed by atoms with Gasteiger partial charge in [-0.15, -0.1) is 11.3 Å². The Kier molecular flexibility index (Phi) is 2.16. The molecule has 0 atom stereocenters. The van der Waals surface area contributed by atoms with Crippen molar-refractivity contribution in [2.75, 3.05) is 6.54 Å². The molecule has 0 amide bonds. The summed E-state index contributed by atoms with van der Waals surface area (Å²) in [5.41, 5.74) is 1.34. The average molecular weight is 243 g/mol. The monoisotopic (exact) mass is 243 g/mol. The van der Waals surface area contributed by atoms with Crippen molar-refractivity contribution in [1.29, 1.82) is 0 Å². The summed E-state index contributed by atoms with van der Waals surface area (Å²) < 4.78 is 25.7. The molecule has 0 bridgehead atoms.